The molecule has 238 valence electrons. The highest BCUT2D eigenvalue weighted by Crippen LogP contribution is 2.30. The smallest absolute Gasteiger partial charge is 0.305 e. The maximum Gasteiger partial charge on any atom is 0.305 e. The lowest BCUT2D eigenvalue weighted by molar-refractivity contribution is -0.141. The average molecular weight is 596 g/mol. The monoisotopic (exact) mass is 595 g/mol. The van der Waals surface area contributed by atoms with Crippen LogP contribution < -0.4 is 16.0 Å². The summed E-state index contributed by atoms with van der Waals surface area (Å²) in [4.78, 5) is 43.2. The minimum absolute atomic E-state index is 0.0342. The number of benzene rings is 1. The number of carboxylic acid groups (broad SMARTS) is 1. The van der Waals surface area contributed by atoms with Crippen molar-refractivity contribution in [1.82, 2.24) is 20.4 Å². The minimum Gasteiger partial charge on any atom is -0.481 e. The number of aliphatic carboxylic acids is 1. The molecule has 9 nitrogen and oxygen atoms in total. The molecule has 1 aliphatic carbocycles. The highest BCUT2D eigenvalue weighted by molar-refractivity contribution is 5.96. The van der Waals surface area contributed by atoms with Gasteiger partial charge < -0.3 is 30.9 Å². The van der Waals surface area contributed by atoms with Crippen LogP contribution in [0.5, 0.6) is 0 Å². The van der Waals surface area contributed by atoms with Crippen LogP contribution in [0.4, 0.5) is 5.69 Å². The predicted molar refractivity (Wildman–Crippen MR) is 169 cm³/mol. The molecule has 2 amide bonds. The van der Waals surface area contributed by atoms with E-state index in [0.29, 0.717) is 42.1 Å². The van der Waals surface area contributed by atoms with Gasteiger partial charge in [-0.1, -0.05) is 38.2 Å². The zero-order valence-corrected chi connectivity index (χ0v) is 26.0. The number of piperidine rings is 2. The summed E-state index contributed by atoms with van der Waals surface area (Å²) < 4.78 is 0. The first kappa shape index (κ1) is 31.8. The van der Waals surface area contributed by atoms with E-state index in [1.54, 1.807) is 0 Å². The van der Waals surface area contributed by atoms with E-state index in [9.17, 15) is 19.5 Å². The van der Waals surface area contributed by atoms with Gasteiger partial charge in [-0.2, -0.15) is 0 Å². The van der Waals surface area contributed by atoms with Crippen LogP contribution in [0.15, 0.2) is 18.2 Å². The molecule has 43 heavy (non-hydrogen) atoms. The van der Waals surface area contributed by atoms with Crippen LogP contribution >= 0.6 is 0 Å². The van der Waals surface area contributed by atoms with Crippen LogP contribution in [0.25, 0.3) is 0 Å². The molecule has 3 aliphatic heterocycles. The second-order valence-electron chi connectivity index (χ2n) is 13.5. The SMILES string of the molecule is O=C(O)CC1Nc2cc(C(=O)N(CCC3CCNCC3)CCC3CCNCC3)ccc2CN(CCC2CCCCC2)C1=O. The summed E-state index contributed by atoms with van der Waals surface area (Å²) in [7, 11) is 0. The Morgan fingerprint density at radius 3 is 2.05 bits per heavy atom. The van der Waals surface area contributed by atoms with Crippen molar-refractivity contribution in [2.45, 2.75) is 96.1 Å². The predicted octanol–water partition coefficient (Wildman–Crippen LogP) is 4.48. The lowest BCUT2D eigenvalue weighted by atomic mass is 9.87. The van der Waals surface area contributed by atoms with Crippen LogP contribution in [-0.4, -0.2) is 84.5 Å². The molecule has 1 aromatic carbocycles. The van der Waals surface area contributed by atoms with Gasteiger partial charge in [0.05, 0.1) is 6.42 Å². The number of nitrogens with zero attached hydrogens (tertiary/aromatic N) is 2. The molecule has 0 radical (unpaired) electrons. The topological polar surface area (TPSA) is 114 Å². The summed E-state index contributed by atoms with van der Waals surface area (Å²) in [5.41, 5.74) is 2.26. The molecule has 1 saturated carbocycles. The Bertz CT molecular complexity index is 1060. The number of hydrogen-bond acceptors (Lipinski definition) is 6. The molecule has 9 heteroatoms. The summed E-state index contributed by atoms with van der Waals surface area (Å²) in [5.74, 6) is 0.796. The Kier molecular flexibility index (Phi) is 11.7. The molecule has 2 saturated heterocycles. The second-order valence-corrected chi connectivity index (χ2v) is 13.5. The van der Waals surface area contributed by atoms with Crippen molar-refractivity contribution in [2.75, 3.05) is 51.1 Å². The van der Waals surface area contributed by atoms with Crippen molar-refractivity contribution >= 4 is 23.5 Å². The summed E-state index contributed by atoms with van der Waals surface area (Å²) in [6, 6.07) is 4.90. The van der Waals surface area contributed by atoms with Crippen LogP contribution in [-0.2, 0) is 16.1 Å². The lowest BCUT2D eigenvalue weighted by Gasteiger charge is -2.30. The Labute approximate surface area is 257 Å². The van der Waals surface area contributed by atoms with Gasteiger partial charge in [-0.3, -0.25) is 14.4 Å². The van der Waals surface area contributed by atoms with Crippen LogP contribution in [0, 0.1) is 17.8 Å². The van der Waals surface area contributed by atoms with Gasteiger partial charge in [-0.15, -0.1) is 0 Å². The van der Waals surface area contributed by atoms with Gasteiger partial charge in [0, 0.05) is 37.4 Å². The number of rotatable bonds is 12. The highest BCUT2D eigenvalue weighted by atomic mass is 16.4. The van der Waals surface area contributed by atoms with Gasteiger partial charge >= 0.3 is 5.97 Å². The van der Waals surface area contributed by atoms with Crippen molar-refractivity contribution in [2.24, 2.45) is 17.8 Å². The lowest BCUT2D eigenvalue weighted by Crippen LogP contribution is -2.42. The molecular weight excluding hydrogens is 542 g/mol. The Balaban J connectivity index is 1.30. The van der Waals surface area contributed by atoms with Crippen LogP contribution in [0.3, 0.4) is 0 Å². The first-order valence-electron chi connectivity index (χ1n) is 17.1. The molecule has 5 rings (SSSR count). The zero-order valence-electron chi connectivity index (χ0n) is 26.0. The fraction of sp³-hybridized carbons (Fsp3) is 0.735. The first-order chi connectivity index (χ1) is 21.0. The molecule has 0 spiro atoms. The van der Waals surface area contributed by atoms with E-state index in [1.807, 2.05) is 23.1 Å². The van der Waals surface area contributed by atoms with E-state index < -0.39 is 12.0 Å². The molecule has 3 fully saturated rings. The molecule has 4 N–H and O–H groups in total. The van der Waals surface area contributed by atoms with Crippen LogP contribution in [0.2, 0.25) is 0 Å². The Morgan fingerprint density at radius 2 is 1.44 bits per heavy atom. The number of carboxylic acids is 1. The molecule has 1 atom stereocenters. The van der Waals surface area contributed by atoms with E-state index in [1.165, 1.54) is 32.1 Å². The Hall–Kier alpha value is -2.65. The molecule has 3 heterocycles. The van der Waals surface area contributed by atoms with Crippen molar-refractivity contribution in [3.8, 4) is 0 Å². The molecule has 1 aromatic rings. The third-order valence-electron chi connectivity index (χ3n) is 10.4. The van der Waals surface area contributed by atoms with Gasteiger partial charge in [0.25, 0.3) is 5.91 Å². The van der Waals surface area contributed by atoms with Crippen LogP contribution in [0.1, 0.15) is 99.4 Å². The van der Waals surface area contributed by atoms with Crippen molar-refractivity contribution < 1.29 is 19.5 Å². The normalized spacial score (nSPS) is 22.5. The number of amides is 2. The minimum atomic E-state index is -1.00. The number of carbonyl (C=O) groups excluding carboxylic acids is 2. The molecule has 4 aliphatic rings. The quantitative estimate of drug-likeness (QED) is 0.282. The van der Waals surface area contributed by atoms with Gasteiger partial charge in [0.1, 0.15) is 6.04 Å². The number of nitrogens with one attached hydrogen (secondary N) is 3. The molecule has 1 unspecified atom stereocenters. The molecule has 0 bridgehead atoms. The summed E-state index contributed by atoms with van der Waals surface area (Å²) >= 11 is 0. The summed E-state index contributed by atoms with van der Waals surface area (Å²) in [6.07, 6.45) is 13.6. The van der Waals surface area contributed by atoms with E-state index in [-0.39, 0.29) is 18.2 Å². The second kappa shape index (κ2) is 15.9. The van der Waals surface area contributed by atoms with Gasteiger partial charge in [-0.05, 0) is 107 Å². The van der Waals surface area contributed by atoms with Crippen molar-refractivity contribution in [3.05, 3.63) is 29.3 Å². The standard InChI is InChI=1S/C34H53N5O4/c40-32(41)23-31-34(43)39(21-14-25-4-2-1-3-5-25)24-29-7-6-28(22-30(29)37-31)33(42)38(19-12-26-8-15-35-16-9-26)20-13-27-10-17-36-18-11-27/h6-7,22,25-27,31,35-37H,1-5,8-21,23-24H2,(H,40,41). The zero-order chi connectivity index (χ0) is 30.0. The maximum atomic E-state index is 14.0. The fourth-order valence-corrected chi connectivity index (χ4v) is 7.57. The largest absolute Gasteiger partial charge is 0.481 e. The van der Waals surface area contributed by atoms with E-state index in [2.05, 4.69) is 20.9 Å². The number of anilines is 1. The van der Waals surface area contributed by atoms with Gasteiger partial charge in [0.15, 0.2) is 0 Å². The summed E-state index contributed by atoms with van der Waals surface area (Å²) in [6.45, 7) is 6.81. The fourth-order valence-electron chi connectivity index (χ4n) is 7.57. The van der Waals surface area contributed by atoms with Crippen molar-refractivity contribution in [3.63, 3.8) is 0 Å². The van der Waals surface area contributed by atoms with Gasteiger partial charge in [0.2, 0.25) is 5.91 Å². The van der Waals surface area contributed by atoms with E-state index >= 15 is 0 Å². The number of hydrogen-bond donors (Lipinski definition) is 4. The first-order valence-corrected chi connectivity index (χ1v) is 17.1. The average Bonchev–Trinajstić information content (AvgIpc) is 3.16. The summed E-state index contributed by atoms with van der Waals surface area (Å²) in [5, 5.41) is 19.7. The Morgan fingerprint density at radius 1 is 0.837 bits per heavy atom. The maximum absolute atomic E-state index is 14.0. The molecule has 0 aromatic heterocycles. The number of carbonyl (C=O) groups is 3. The molecular formula is C34H53N5O4. The highest BCUT2D eigenvalue weighted by Gasteiger charge is 2.32. The third-order valence-corrected chi connectivity index (χ3v) is 10.4. The van der Waals surface area contributed by atoms with E-state index in [4.69, 9.17) is 0 Å². The van der Waals surface area contributed by atoms with E-state index in [0.717, 1.165) is 89.8 Å². The van der Waals surface area contributed by atoms with Gasteiger partial charge in [-0.25, -0.2) is 0 Å². The van der Waals surface area contributed by atoms with Crippen molar-refractivity contribution in [1.29, 1.82) is 0 Å². The third kappa shape index (κ3) is 9.17. The number of fused-ring (bicyclic) bond motifs is 1.